The first-order valence-corrected chi connectivity index (χ1v) is 12.6. The van der Waals surface area contributed by atoms with Crippen LogP contribution in [-0.4, -0.2) is 9.97 Å². The fraction of sp³-hybridized carbons (Fsp3) is 0.333. The summed E-state index contributed by atoms with van der Waals surface area (Å²) in [4.78, 5) is 8.93. The van der Waals surface area contributed by atoms with Crippen LogP contribution in [0.2, 0.25) is 0 Å². The number of benzene rings is 2. The fourth-order valence-electron chi connectivity index (χ4n) is 4.96. The highest BCUT2D eigenvalue weighted by Gasteiger charge is 2.21. The van der Waals surface area contributed by atoms with Gasteiger partial charge in [-0.1, -0.05) is 65.8 Å². The fourth-order valence-corrected chi connectivity index (χ4v) is 4.96. The second-order valence-corrected chi connectivity index (χ2v) is 10.5. The molecule has 0 unspecified atom stereocenters. The number of pyridine rings is 2. The van der Waals surface area contributed by atoms with Crippen molar-refractivity contribution in [2.45, 2.75) is 73.0 Å². The van der Waals surface area contributed by atoms with Crippen molar-refractivity contribution in [1.29, 1.82) is 0 Å². The minimum atomic E-state index is -2.37. The molecule has 0 spiro atoms. The van der Waals surface area contributed by atoms with Gasteiger partial charge in [-0.05, 0) is 89.1 Å². The molecule has 3 heteroatoms. The molecule has 3 nitrogen and oxygen atoms in total. The smallest absolute Gasteiger partial charge is 0.227 e. The molecule has 184 valence electrons. The summed E-state index contributed by atoms with van der Waals surface area (Å²) >= 11 is 0. The Morgan fingerprint density at radius 1 is 0.778 bits per heavy atom. The normalized spacial score (nSPS) is 15.2. The predicted octanol–water partition coefficient (Wildman–Crippen LogP) is 9.70. The Labute approximate surface area is 223 Å². The first-order chi connectivity index (χ1) is 19.6. The number of nitrogens with zero attached hydrogens (tertiary/aromatic N) is 2. The van der Waals surface area contributed by atoms with Crippen molar-refractivity contribution in [1.82, 2.24) is 9.97 Å². The molecular formula is C33H36N2O. The van der Waals surface area contributed by atoms with Gasteiger partial charge < -0.3 is 4.42 Å². The maximum absolute atomic E-state index is 8.40. The first kappa shape index (κ1) is 17.9. The standard InChI is InChI=1S/C33H36N2O/c1-18(2)23-14-27(19(3)4)31(28(15-23)20(5)6)29-16-30(34-17-21(29)7)26-11-9-10-24-25-13-12-22(8)35-33(25)36-32(24)26/h9-20H,1-8H3/i7D3,8D3. The number of para-hydroxylation sites is 1. The molecule has 3 aromatic heterocycles. The summed E-state index contributed by atoms with van der Waals surface area (Å²) in [7, 11) is 0. The van der Waals surface area contributed by atoms with Gasteiger partial charge in [0, 0.05) is 36.5 Å². The predicted molar refractivity (Wildman–Crippen MR) is 152 cm³/mol. The van der Waals surface area contributed by atoms with Crippen molar-refractivity contribution in [3.63, 3.8) is 0 Å². The molecule has 36 heavy (non-hydrogen) atoms. The van der Waals surface area contributed by atoms with Gasteiger partial charge in [0.05, 0.1) is 5.69 Å². The molecule has 0 bridgehead atoms. The van der Waals surface area contributed by atoms with Crippen molar-refractivity contribution in [3.8, 4) is 22.4 Å². The Kier molecular flexibility index (Phi) is 4.57. The third-order valence-electron chi connectivity index (χ3n) is 6.95. The SMILES string of the molecule is [2H]C([2H])([2H])c1ccc2c(n1)oc1c(-c3cc(-c4c(C(C)C)cc(C(C)C)cc4C(C)C)c(C([2H])([2H])[2H])cn3)cccc12. The maximum Gasteiger partial charge on any atom is 0.227 e. The summed E-state index contributed by atoms with van der Waals surface area (Å²) in [6, 6.07) is 15.2. The highest BCUT2D eigenvalue weighted by atomic mass is 16.3. The summed E-state index contributed by atoms with van der Waals surface area (Å²) in [5.74, 6) is 0.651. The van der Waals surface area contributed by atoms with E-state index in [9.17, 15) is 0 Å². The molecule has 0 fully saturated rings. The number of aromatic nitrogens is 2. The average Bonchev–Trinajstić information content (AvgIpc) is 3.29. The van der Waals surface area contributed by atoms with E-state index in [1.165, 1.54) is 17.8 Å². The highest BCUT2D eigenvalue weighted by molar-refractivity contribution is 6.08. The van der Waals surface area contributed by atoms with E-state index in [4.69, 9.17) is 12.6 Å². The lowest BCUT2D eigenvalue weighted by Gasteiger charge is -2.24. The molecule has 2 aromatic carbocycles. The summed E-state index contributed by atoms with van der Waals surface area (Å²) in [5, 5.41) is 1.48. The van der Waals surface area contributed by atoms with Crippen molar-refractivity contribution in [3.05, 3.63) is 82.7 Å². The van der Waals surface area contributed by atoms with E-state index in [1.807, 2.05) is 24.3 Å². The summed E-state index contributed by atoms with van der Waals surface area (Å²) in [6.07, 6.45) is 1.47. The molecule has 0 radical (unpaired) electrons. The van der Waals surface area contributed by atoms with Gasteiger partial charge in [0.2, 0.25) is 5.71 Å². The van der Waals surface area contributed by atoms with Gasteiger partial charge in [0.25, 0.3) is 0 Å². The Bertz CT molecular complexity index is 1770. The number of furan rings is 1. The van der Waals surface area contributed by atoms with Crippen LogP contribution in [0, 0.1) is 13.7 Å². The van der Waals surface area contributed by atoms with Crippen molar-refractivity contribution >= 4 is 22.1 Å². The number of fused-ring (bicyclic) bond motifs is 3. The molecule has 0 aliphatic rings. The van der Waals surface area contributed by atoms with E-state index in [2.05, 4.69) is 63.6 Å². The molecular weight excluding hydrogens is 440 g/mol. The monoisotopic (exact) mass is 482 g/mol. The minimum absolute atomic E-state index is 0.0367. The molecule has 0 amide bonds. The maximum atomic E-state index is 8.40. The number of hydrogen-bond donors (Lipinski definition) is 0. The second kappa shape index (κ2) is 9.20. The molecule has 0 aliphatic heterocycles. The highest BCUT2D eigenvalue weighted by Crippen LogP contribution is 2.42. The largest absolute Gasteiger partial charge is 0.437 e. The van der Waals surface area contributed by atoms with Gasteiger partial charge in [-0.3, -0.25) is 4.98 Å². The van der Waals surface area contributed by atoms with E-state index in [-0.39, 0.29) is 28.8 Å². The van der Waals surface area contributed by atoms with E-state index in [1.54, 1.807) is 6.07 Å². The van der Waals surface area contributed by atoms with Gasteiger partial charge in [-0.2, -0.15) is 0 Å². The third-order valence-corrected chi connectivity index (χ3v) is 6.95. The van der Waals surface area contributed by atoms with Crippen LogP contribution in [-0.2, 0) is 0 Å². The minimum Gasteiger partial charge on any atom is -0.437 e. The molecule has 3 heterocycles. The van der Waals surface area contributed by atoms with E-state index >= 15 is 0 Å². The number of hydrogen-bond acceptors (Lipinski definition) is 3. The lowest BCUT2D eigenvalue weighted by molar-refractivity contribution is 0.653. The summed E-state index contributed by atoms with van der Waals surface area (Å²) < 4.78 is 54.6. The Morgan fingerprint density at radius 2 is 1.53 bits per heavy atom. The Hall–Kier alpha value is -3.46. The second-order valence-electron chi connectivity index (χ2n) is 10.5. The van der Waals surface area contributed by atoms with Crippen molar-refractivity contribution in [2.24, 2.45) is 0 Å². The van der Waals surface area contributed by atoms with Crippen LogP contribution in [0.5, 0.6) is 0 Å². The lowest BCUT2D eigenvalue weighted by atomic mass is 9.81. The molecule has 0 saturated carbocycles. The van der Waals surface area contributed by atoms with Crippen LogP contribution < -0.4 is 0 Å². The zero-order valence-electron chi connectivity index (χ0n) is 27.7. The average molecular weight is 483 g/mol. The van der Waals surface area contributed by atoms with Gasteiger partial charge >= 0.3 is 0 Å². The number of aryl methyl sites for hydroxylation is 2. The van der Waals surface area contributed by atoms with Crippen LogP contribution in [0.15, 0.2) is 59.1 Å². The van der Waals surface area contributed by atoms with Crippen LogP contribution in [0.4, 0.5) is 0 Å². The van der Waals surface area contributed by atoms with Gasteiger partial charge in [0.1, 0.15) is 5.58 Å². The Morgan fingerprint density at radius 3 is 2.17 bits per heavy atom. The van der Waals surface area contributed by atoms with Crippen LogP contribution in [0.3, 0.4) is 0 Å². The summed E-state index contributed by atoms with van der Waals surface area (Å²) in [5.41, 5.74) is 7.19. The zero-order chi connectivity index (χ0) is 30.7. The van der Waals surface area contributed by atoms with Crippen LogP contribution in [0.25, 0.3) is 44.5 Å². The third kappa shape index (κ3) is 4.11. The molecule has 5 aromatic rings. The molecule has 5 rings (SSSR count). The van der Waals surface area contributed by atoms with Gasteiger partial charge in [-0.15, -0.1) is 0 Å². The Balaban J connectivity index is 1.82. The van der Waals surface area contributed by atoms with Gasteiger partial charge in [-0.25, -0.2) is 4.98 Å². The molecule has 0 saturated heterocycles. The quantitative estimate of drug-likeness (QED) is 0.250. The van der Waals surface area contributed by atoms with E-state index in [0.717, 1.165) is 22.1 Å². The van der Waals surface area contributed by atoms with Crippen molar-refractivity contribution in [2.75, 3.05) is 0 Å². The van der Waals surface area contributed by atoms with Gasteiger partial charge in [0.15, 0.2) is 0 Å². The van der Waals surface area contributed by atoms with Crippen molar-refractivity contribution < 1.29 is 12.6 Å². The first-order valence-electron chi connectivity index (χ1n) is 15.6. The molecule has 0 aliphatic carbocycles. The van der Waals surface area contributed by atoms with E-state index < -0.39 is 13.7 Å². The van der Waals surface area contributed by atoms with Crippen LogP contribution >= 0.6 is 0 Å². The molecule has 0 atom stereocenters. The van der Waals surface area contributed by atoms with E-state index in [0.29, 0.717) is 33.7 Å². The molecule has 0 N–H and O–H groups in total. The topological polar surface area (TPSA) is 38.9 Å². The van der Waals surface area contributed by atoms with Crippen LogP contribution in [0.1, 0.15) is 95.5 Å². The zero-order valence-corrected chi connectivity index (χ0v) is 21.7. The number of rotatable bonds is 5. The summed E-state index contributed by atoms with van der Waals surface area (Å²) in [6.45, 7) is 8.17. The lowest BCUT2D eigenvalue weighted by Crippen LogP contribution is -2.05.